The van der Waals surface area contributed by atoms with Gasteiger partial charge in [0.25, 0.3) is 5.56 Å². The van der Waals surface area contributed by atoms with Crippen LogP contribution in [-0.4, -0.2) is 15.4 Å². The van der Waals surface area contributed by atoms with Crippen molar-refractivity contribution in [2.45, 2.75) is 20.5 Å². The summed E-state index contributed by atoms with van der Waals surface area (Å²) in [6.45, 7) is 3.82. The van der Waals surface area contributed by atoms with E-state index in [4.69, 9.17) is 4.74 Å². The molecule has 0 spiro atoms. The van der Waals surface area contributed by atoms with Crippen LogP contribution in [0.3, 0.4) is 0 Å². The Labute approximate surface area is 145 Å². The lowest BCUT2D eigenvalue weighted by Gasteiger charge is -2.06. The summed E-state index contributed by atoms with van der Waals surface area (Å²) >= 11 is 0. The van der Waals surface area contributed by atoms with E-state index >= 15 is 0 Å². The molecule has 0 fully saturated rings. The van der Waals surface area contributed by atoms with Crippen LogP contribution in [0.1, 0.15) is 22.4 Å². The number of aryl methyl sites for hydroxylation is 2. The monoisotopic (exact) mass is 334 g/mol. The summed E-state index contributed by atoms with van der Waals surface area (Å²) in [5, 5.41) is 0. The van der Waals surface area contributed by atoms with Crippen molar-refractivity contribution in [3.8, 4) is 0 Å². The van der Waals surface area contributed by atoms with Gasteiger partial charge >= 0.3 is 5.97 Å². The average molecular weight is 334 g/mol. The van der Waals surface area contributed by atoms with Crippen LogP contribution in [-0.2, 0) is 16.1 Å². The van der Waals surface area contributed by atoms with E-state index in [9.17, 15) is 9.59 Å². The van der Waals surface area contributed by atoms with Crippen LogP contribution >= 0.6 is 0 Å². The van der Waals surface area contributed by atoms with Crippen molar-refractivity contribution in [3.63, 3.8) is 0 Å². The molecule has 126 valence electrons. The minimum Gasteiger partial charge on any atom is -0.456 e. The summed E-state index contributed by atoms with van der Waals surface area (Å²) < 4.78 is 6.66. The minimum absolute atomic E-state index is 0.0446. The van der Waals surface area contributed by atoms with Gasteiger partial charge in [0.2, 0.25) is 0 Å². The molecule has 0 bridgehead atoms. The zero-order chi connectivity index (χ0) is 17.8. The number of pyridine rings is 1. The molecular weight excluding hydrogens is 316 g/mol. The molecule has 0 aliphatic heterocycles. The number of carbonyl (C=O) groups is 1. The third kappa shape index (κ3) is 4.01. The highest BCUT2D eigenvalue weighted by Crippen LogP contribution is 2.08. The minimum atomic E-state index is -0.478. The Morgan fingerprint density at radius 1 is 1.20 bits per heavy atom. The number of aromatic nitrogens is 2. The Kier molecular flexibility index (Phi) is 4.75. The second-order valence-electron chi connectivity index (χ2n) is 5.83. The molecule has 1 aromatic carbocycles. The highest BCUT2D eigenvalue weighted by atomic mass is 16.5. The normalized spacial score (nSPS) is 11.1. The van der Waals surface area contributed by atoms with Crippen LogP contribution in [0.2, 0.25) is 0 Å². The van der Waals surface area contributed by atoms with Gasteiger partial charge in [-0.15, -0.1) is 0 Å². The van der Waals surface area contributed by atoms with E-state index in [1.165, 1.54) is 16.5 Å². The second-order valence-corrected chi connectivity index (χ2v) is 5.83. The molecule has 2 aromatic heterocycles. The Morgan fingerprint density at radius 3 is 2.84 bits per heavy atom. The number of carbonyl (C=O) groups excluding carboxylic acids is 1. The molecule has 3 rings (SSSR count). The second kappa shape index (κ2) is 7.13. The van der Waals surface area contributed by atoms with Gasteiger partial charge in [-0.05, 0) is 37.1 Å². The number of rotatable bonds is 4. The first-order valence-corrected chi connectivity index (χ1v) is 7.92. The number of hydrogen-bond donors (Lipinski definition) is 0. The lowest BCUT2D eigenvalue weighted by atomic mass is 10.1. The van der Waals surface area contributed by atoms with Gasteiger partial charge in [0.05, 0.1) is 5.69 Å². The van der Waals surface area contributed by atoms with Crippen molar-refractivity contribution in [3.05, 3.63) is 87.5 Å². The Morgan fingerprint density at radius 2 is 2.04 bits per heavy atom. The summed E-state index contributed by atoms with van der Waals surface area (Å²) in [7, 11) is 0. The summed E-state index contributed by atoms with van der Waals surface area (Å²) in [6.07, 6.45) is 4.73. The molecule has 0 unspecified atom stereocenters. The SMILES string of the molecule is Cc1cccc(/C=C/C(=O)OCc2cc(=O)n3cccc(C)c3n2)c1. The van der Waals surface area contributed by atoms with E-state index in [1.54, 1.807) is 18.3 Å². The Hall–Kier alpha value is -3.21. The molecule has 0 aliphatic rings. The molecule has 0 N–H and O–H groups in total. The predicted octanol–water partition coefficient (Wildman–Crippen LogP) is 3.07. The molecule has 2 heterocycles. The number of benzene rings is 1. The fourth-order valence-corrected chi connectivity index (χ4v) is 2.51. The van der Waals surface area contributed by atoms with Crippen LogP contribution in [0, 0.1) is 13.8 Å². The quantitative estimate of drug-likeness (QED) is 0.543. The summed E-state index contributed by atoms with van der Waals surface area (Å²) in [5.41, 5.74) is 3.72. The fraction of sp³-hybridized carbons (Fsp3) is 0.150. The lowest BCUT2D eigenvalue weighted by molar-refractivity contribution is -0.139. The highest BCUT2D eigenvalue weighted by molar-refractivity contribution is 5.87. The maximum absolute atomic E-state index is 12.1. The van der Waals surface area contributed by atoms with Crippen molar-refractivity contribution in [1.29, 1.82) is 0 Å². The molecule has 0 saturated heterocycles. The third-order valence-electron chi connectivity index (χ3n) is 3.76. The van der Waals surface area contributed by atoms with Gasteiger partial charge in [0, 0.05) is 18.3 Å². The number of ether oxygens (including phenoxy) is 1. The molecule has 3 aromatic rings. The third-order valence-corrected chi connectivity index (χ3v) is 3.76. The molecule has 25 heavy (non-hydrogen) atoms. The first-order chi connectivity index (χ1) is 12.0. The van der Waals surface area contributed by atoms with E-state index in [0.29, 0.717) is 11.3 Å². The van der Waals surface area contributed by atoms with E-state index in [1.807, 2.05) is 44.2 Å². The maximum Gasteiger partial charge on any atom is 0.331 e. The first-order valence-electron chi connectivity index (χ1n) is 7.92. The van der Waals surface area contributed by atoms with Gasteiger partial charge in [0.1, 0.15) is 12.3 Å². The predicted molar refractivity (Wildman–Crippen MR) is 96.2 cm³/mol. The molecule has 0 atom stereocenters. The summed E-state index contributed by atoms with van der Waals surface area (Å²) in [5.74, 6) is -0.478. The summed E-state index contributed by atoms with van der Waals surface area (Å²) in [6, 6.07) is 12.8. The molecule has 0 radical (unpaired) electrons. The Balaban J connectivity index is 1.71. The van der Waals surface area contributed by atoms with Crippen molar-refractivity contribution < 1.29 is 9.53 Å². The number of nitrogens with zero attached hydrogens (tertiary/aromatic N) is 2. The van der Waals surface area contributed by atoms with Gasteiger partial charge in [0.15, 0.2) is 0 Å². The molecule has 0 saturated carbocycles. The Bertz CT molecular complexity index is 1020. The smallest absolute Gasteiger partial charge is 0.331 e. The molecule has 0 amide bonds. The van der Waals surface area contributed by atoms with Gasteiger partial charge < -0.3 is 4.74 Å². The van der Waals surface area contributed by atoms with Crippen molar-refractivity contribution >= 4 is 17.7 Å². The number of fused-ring (bicyclic) bond motifs is 1. The standard InChI is InChI=1S/C20H18N2O3/c1-14-5-3-7-16(11-14)8-9-19(24)25-13-17-12-18(23)22-10-4-6-15(2)20(22)21-17/h3-12H,13H2,1-2H3/b9-8+. The zero-order valence-corrected chi connectivity index (χ0v) is 14.1. The van der Waals surface area contributed by atoms with Gasteiger partial charge in [-0.3, -0.25) is 9.20 Å². The topological polar surface area (TPSA) is 60.7 Å². The fourth-order valence-electron chi connectivity index (χ4n) is 2.51. The highest BCUT2D eigenvalue weighted by Gasteiger charge is 2.06. The lowest BCUT2D eigenvalue weighted by Crippen LogP contribution is -2.17. The van der Waals surface area contributed by atoms with E-state index in [2.05, 4.69) is 4.98 Å². The van der Waals surface area contributed by atoms with Crippen LogP contribution < -0.4 is 5.56 Å². The van der Waals surface area contributed by atoms with E-state index in [-0.39, 0.29) is 12.2 Å². The van der Waals surface area contributed by atoms with Crippen LogP contribution in [0.15, 0.2) is 59.5 Å². The number of esters is 1. The summed E-state index contributed by atoms with van der Waals surface area (Å²) in [4.78, 5) is 28.4. The van der Waals surface area contributed by atoms with E-state index < -0.39 is 5.97 Å². The first kappa shape index (κ1) is 16.6. The molecule has 5 heteroatoms. The van der Waals surface area contributed by atoms with Gasteiger partial charge in [-0.25, -0.2) is 9.78 Å². The largest absolute Gasteiger partial charge is 0.456 e. The molecule has 0 aliphatic carbocycles. The van der Waals surface area contributed by atoms with Crippen LogP contribution in [0.5, 0.6) is 0 Å². The maximum atomic E-state index is 12.1. The van der Waals surface area contributed by atoms with Crippen LogP contribution in [0.4, 0.5) is 0 Å². The van der Waals surface area contributed by atoms with Gasteiger partial charge in [-0.2, -0.15) is 0 Å². The zero-order valence-electron chi connectivity index (χ0n) is 14.1. The molecule has 5 nitrogen and oxygen atoms in total. The van der Waals surface area contributed by atoms with Gasteiger partial charge in [-0.1, -0.05) is 35.9 Å². The van der Waals surface area contributed by atoms with Crippen molar-refractivity contribution in [1.82, 2.24) is 9.38 Å². The van der Waals surface area contributed by atoms with Crippen molar-refractivity contribution in [2.75, 3.05) is 0 Å². The van der Waals surface area contributed by atoms with Crippen LogP contribution in [0.25, 0.3) is 11.7 Å². The van der Waals surface area contributed by atoms with Crippen molar-refractivity contribution in [2.24, 2.45) is 0 Å². The number of hydrogen-bond acceptors (Lipinski definition) is 4. The average Bonchev–Trinajstić information content (AvgIpc) is 2.59. The molecular formula is C20H18N2O3. The van der Waals surface area contributed by atoms with E-state index in [0.717, 1.165) is 16.7 Å².